The summed E-state index contributed by atoms with van der Waals surface area (Å²) in [5, 5.41) is 0. The van der Waals surface area contributed by atoms with E-state index < -0.39 is 0 Å². The Labute approximate surface area is 110 Å². The van der Waals surface area contributed by atoms with Crippen LogP contribution in [0.3, 0.4) is 0 Å². The van der Waals surface area contributed by atoms with Gasteiger partial charge in [0, 0.05) is 24.4 Å². The number of hydrogen-bond acceptors (Lipinski definition) is 1. The van der Waals surface area contributed by atoms with Gasteiger partial charge in [0.05, 0.1) is 0 Å². The molecule has 3 atom stereocenters. The minimum Gasteiger partial charge on any atom is -0.339 e. The number of rotatable bonds is 2. The largest absolute Gasteiger partial charge is 0.339 e. The number of likely N-dealkylation sites (tertiary alicyclic amines) is 1. The van der Waals surface area contributed by atoms with Crippen molar-refractivity contribution in [3.05, 3.63) is 35.4 Å². The third-order valence-corrected chi connectivity index (χ3v) is 4.23. The van der Waals surface area contributed by atoms with E-state index in [0.717, 1.165) is 13.0 Å². The summed E-state index contributed by atoms with van der Waals surface area (Å²) in [6.07, 6.45) is 0.972. The van der Waals surface area contributed by atoms with Gasteiger partial charge in [-0.3, -0.25) is 4.79 Å². The van der Waals surface area contributed by atoms with E-state index in [2.05, 4.69) is 52.0 Å². The van der Waals surface area contributed by atoms with Crippen molar-refractivity contribution in [3.63, 3.8) is 0 Å². The molecule has 98 valence electrons. The van der Waals surface area contributed by atoms with Crippen LogP contribution in [0, 0.1) is 12.8 Å². The van der Waals surface area contributed by atoms with Gasteiger partial charge in [-0.05, 0) is 32.8 Å². The number of nitrogens with zero attached hydrogens (tertiary/aromatic N) is 1. The number of hydrogen-bond donors (Lipinski definition) is 0. The average molecular weight is 245 g/mol. The van der Waals surface area contributed by atoms with Gasteiger partial charge in [0.1, 0.15) is 0 Å². The third-order valence-electron chi connectivity index (χ3n) is 4.23. The molecule has 2 nitrogen and oxygen atoms in total. The van der Waals surface area contributed by atoms with Crippen molar-refractivity contribution >= 4 is 5.91 Å². The molecule has 1 fully saturated rings. The Morgan fingerprint density at radius 1 is 1.22 bits per heavy atom. The van der Waals surface area contributed by atoms with Crippen LogP contribution in [0.15, 0.2) is 24.3 Å². The van der Waals surface area contributed by atoms with Crippen molar-refractivity contribution in [2.45, 2.75) is 46.1 Å². The lowest BCUT2D eigenvalue weighted by molar-refractivity contribution is -0.141. The lowest BCUT2D eigenvalue weighted by Crippen LogP contribution is -2.49. The van der Waals surface area contributed by atoms with E-state index in [1.54, 1.807) is 0 Å². The van der Waals surface area contributed by atoms with Gasteiger partial charge < -0.3 is 4.90 Å². The van der Waals surface area contributed by atoms with Crippen LogP contribution in [0.4, 0.5) is 0 Å². The molecule has 2 rings (SSSR count). The molecule has 0 bridgehead atoms. The van der Waals surface area contributed by atoms with E-state index in [1.165, 1.54) is 11.1 Å². The topological polar surface area (TPSA) is 20.3 Å². The highest BCUT2D eigenvalue weighted by Gasteiger charge is 2.36. The molecule has 1 aliphatic heterocycles. The molecular formula is C16H23NO. The van der Waals surface area contributed by atoms with Crippen molar-refractivity contribution in [2.75, 3.05) is 6.54 Å². The lowest BCUT2D eigenvalue weighted by atomic mass is 9.79. The fourth-order valence-electron chi connectivity index (χ4n) is 3.05. The van der Waals surface area contributed by atoms with E-state index in [1.807, 2.05) is 4.90 Å². The quantitative estimate of drug-likeness (QED) is 0.782. The predicted octanol–water partition coefficient (Wildman–Crippen LogP) is 3.36. The smallest absolute Gasteiger partial charge is 0.225 e. The van der Waals surface area contributed by atoms with E-state index in [-0.39, 0.29) is 5.92 Å². The minimum atomic E-state index is 0.146. The highest BCUT2D eigenvalue weighted by Crippen LogP contribution is 2.35. The van der Waals surface area contributed by atoms with Crippen molar-refractivity contribution < 1.29 is 4.79 Å². The third kappa shape index (κ3) is 2.29. The van der Waals surface area contributed by atoms with Crippen LogP contribution in [0.5, 0.6) is 0 Å². The monoisotopic (exact) mass is 245 g/mol. The first-order chi connectivity index (χ1) is 8.54. The molecule has 0 aromatic heterocycles. The Morgan fingerprint density at radius 2 is 1.83 bits per heavy atom. The fraction of sp³-hybridized carbons (Fsp3) is 0.562. The Balaban J connectivity index is 2.27. The van der Waals surface area contributed by atoms with Crippen LogP contribution in [-0.2, 0) is 4.79 Å². The SMILES string of the molecule is CCN1C(=O)[C@@H](C)C[C@@H](c2ccc(C)cc2)[C@H]1C. The molecule has 0 radical (unpaired) electrons. The van der Waals surface area contributed by atoms with Crippen LogP contribution in [0.1, 0.15) is 44.2 Å². The van der Waals surface area contributed by atoms with Crippen molar-refractivity contribution in [2.24, 2.45) is 5.92 Å². The Kier molecular flexibility index (Phi) is 3.74. The van der Waals surface area contributed by atoms with Gasteiger partial charge in [-0.15, -0.1) is 0 Å². The molecule has 2 heteroatoms. The molecule has 1 aliphatic rings. The zero-order valence-electron chi connectivity index (χ0n) is 11.8. The summed E-state index contributed by atoms with van der Waals surface area (Å²) in [6, 6.07) is 9.07. The first kappa shape index (κ1) is 13.1. The molecular weight excluding hydrogens is 222 g/mol. The molecule has 0 spiro atoms. The summed E-state index contributed by atoms with van der Waals surface area (Å²) in [5.41, 5.74) is 2.66. The first-order valence-electron chi connectivity index (χ1n) is 6.91. The summed E-state index contributed by atoms with van der Waals surface area (Å²) in [7, 11) is 0. The molecule has 1 aromatic rings. The van der Waals surface area contributed by atoms with E-state index in [0.29, 0.717) is 17.9 Å². The van der Waals surface area contributed by atoms with Gasteiger partial charge >= 0.3 is 0 Å². The lowest BCUT2D eigenvalue weighted by Gasteiger charge is -2.42. The van der Waals surface area contributed by atoms with Gasteiger partial charge in [0.2, 0.25) is 5.91 Å². The van der Waals surface area contributed by atoms with Crippen molar-refractivity contribution in [3.8, 4) is 0 Å². The molecule has 0 unspecified atom stereocenters. The second-order valence-corrected chi connectivity index (χ2v) is 5.52. The van der Waals surface area contributed by atoms with Gasteiger partial charge in [0.15, 0.2) is 0 Å². The maximum absolute atomic E-state index is 12.1. The second-order valence-electron chi connectivity index (χ2n) is 5.52. The summed E-state index contributed by atoms with van der Waals surface area (Å²) in [6.45, 7) is 9.22. The van der Waals surface area contributed by atoms with Crippen LogP contribution in [-0.4, -0.2) is 23.4 Å². The average Bonchev–Trinajstić information content (AvgIpc) is 2.36. The minimum absolute atomic E-state index is 0.146. The van der Waals surface area contributed by atoms with Crippen molar-refractivity contribution in [1.82, 2.24) is 4.90 Å². The second kappa shape index (κ2) is 5.13. The number of amides is 1. The Bertz CT molecular complexity index is 423. The fourth-order valence-corrected chi connectivity index (χ4v) is 3.05. The molecule has 0 N–H and O–H groups in total. The van der Waals surface area contributed by atoms with Crippen LogP contribution in [0.2, 0.25) is 0 Å². The van der Waals surface area contributed by atoms with E-state index >= 15 is 0 Å². The maximum atomic E-state index is 12.1. The standard InChI is InChI=1S/C16H23NO/c1-5-17-13(4)15(10-12(3)16(17)18)14-8-6-11(2)7-9-14/h6-9,12-13,15H,5,10H2,1-4H3/t12-,13+,15+/m0/s1. The molecule has 0 aliphatic carbocycles. The number of benzene rings is 1. The van der Waals surface area contributed by atoms with Crippen LogP contribution in [0.25, 0.3) is 0 Å². The number of carbonyl (C=O) groups is 1. The number of carbonyl (C=O) groups excluding carboxylic acids is 1. The molecule has 0 saturated carbocycles. The number of likely N-dealkylation sites (N-methyl/N-ethyl adjacent to an activating group) is 1. The van der Waals surface area contributed by atoms with Gasteiger partial charge in [-0.25, -0.2) is 0 Å². The highest BCUT2D eigenvalue weighted by molar-refractivity contribution is 5.80. The normalized spacial score (nSPS) is 28.6. The molecule has 1 heterocycles. The molecule has 1 saturated heterocycles. The summed E-state index contributed by atoms with van der Waals surface area (Å²) in [4.78, 5) is 14.2. The Morgan fingerprint density at radius 3 is 2.39 bits per heavy atom. The van der Waals surface area contributed by atoms with Gasteiger partial charge in [0.25, 0.3) is 0 Å². The molecule has 18 heavy (non-hydrogen) atoms. The van der Waals surface area contributed by atoms with Gasteiger partial charge in [-0.1, -0.05) is 36.8 Å². The number of piperidine rings is 1. The predicted molar refractivity (Wildman–Crippen MR) is 74.6 cm³/mol. The summed E-state index contributed by atoms with van der Waals surface area (Å²) < 4.78 is 0. The highest BCUT2D eigenvalue weighted by atomic mass is 16.2. The number of aryl methyl sites for hydroxylation is 1. The zero-order valence-corrected chi connectivity index (χ0v) is 11.8. The van der Waals surface area contributed by atoms with Crippen molar-refractivity contribution in [1.29, 1.82) is 0 Å². The maximum Gasteiger partial charge on any atom is 0.225 e. The van der Waals surface area contributed by atoms with Crippen LogP contribution >= 0.6 is 0 Å². The molecule has 1 aromatic carbocycles. The first-order valence-corrected chi connectivity index (χ1v) is 6.91. The zero-order chi connectivity index (χ0) is 13.3. The summed E-state index contributed by atoms with van der Waals surface area (Å²) in [5.74, 6) is 0.930. The summed E-state index contributed by atoms with van der Waals surface area (Å²) >= 11 is 0. The van der Waals surface area contributed by atoms with E-state index in [4.69, 9.17) is 0 Å². The molecule has 1 amide bonds. The van der Waals surface area contributed by atoms with E-state index in [9.17, 15) is 4.79 Å². The van der Waals surface area contributed by atoms with Crippen LogP contribution < -0.4 is 0 Å². The van der Waals surface area contributed by atoms with Gasteiger partial charge in [-0.2, -0.15) is 0 Å². The Hall–Kier alpha value is -1.31.